The summed E-state index contributed by atoms with van der Waals surface area (Å²) in [5, 5.41) is 0. The van der Waals surface area contributed by atoms with E-state index >= 15 is 0 Å². The topological polar surface area (TPSA) is 16.1 Å². The summed E-state index contributed by atoms with van der Waals surface area (Å²) in [5.41, 5.74) is 1.36. The fourth-order valence-corrected chi connectivity index (χ4v) is 2.40. The number of aromatic nitrogens is 1. The van der Waals surface area contributed by atoms with Crippen LogP contribution in [0.4, 0.5) is 0 Å². The van der Waals surface area contributed by atoms with Crippen LogP contribution in [0.5, 0.6) is 0 Å². The molecule has 0 N–H and O–H groups in total. The Kier molecular flexibility index (Phi) is 7.66. The number of nitrogens with zero attached hydrogens (tertiary/aromatic N) is 2. The van der Waals surface area contributed by atoms with Crippen molar-refractivity contribution in [3.05, 3.63) is 30.1 Å². The lowest BCUT2D eigenvalue weighted by Gasteiger charge is -2.18. The average Bonchev–Trinajstić information content (AvgIpc) is 2.84. The molecule has 0 amide bonds. The zero-order valence-corrected chi connectivity index (χ0v) is 12.2. The van der Waals surface area contributed by atoms with Crippen molar-refractivity contribution in [3.63, 3.8) is 0 Å². The third-order valence-electron chi connectivity index (χ3n) is 3.55. The highest BCUT2D eigenvalue weighted by molar-refractivity contribution is 5.14. The summed E-state index contributed by atoms with van der Waals surface area (Å²) >= 11 is 0. The van der Waals surface area contributed by atoms with Crippen molar-refractivity contribution in [3.8, 4) is 0 Å². The molecule has 0 aliphatic carbocycles. The molecule has 0 saturated carbocycles. The molecule has 1 aromatic rings. The van der Waals surface area contributed by atoms with E-state index in [9.17, 15) is 0 Å². The lowest BCUT2D eigenvalue weighted by atomic mass is 10.1. The molecule has 2 heterocycles. The minimum atomic E-state index is 0.610. The van der Waals surface area contributed by atoms with E-state index in [1.807, 2.05) is 18.5 Å². The minimum Gasteiger partial charge on any atom is -0.299 e. The molecule has 1 atom stereocenters. The van der Waals surface area contributed by atoms with E-state index in [4.69, 9.17) is 0 Å². The van der Waals surface area contributed by atoms with Crippen LogP contribution in [0.1, 0.15) is 64.0 Å². The van der Waals surface area contributed by atoms with Crippen molar-refractivity contribution in [1.29, 1.82) is 0 Å². The largest absolute Gasteiger partial charge is 0.299 e. The first kappa shape index (κ1) is 15.2. The van der Waals surface area contributed by atoms with Gasteiger partial charge in [-0.1, -0.05) is 45.6 Å². The molecule has 1 fully saturated rings. The molecule has 2 heteroatoms. The van der Waals surface area contributed by atoms with Gasteiger partial charge >= 0.3 is 0 Å². The summed E-state index contributed by atoms with van der Waals surface area (Å²) < 4.78 is 0. The Labute approximate surface area is 112 Å². The summed E-state index contributed by atoms with van der Waals surface area (Å²) in [6, 6.07) is 4.79. The van der Waals surface area contributed by atoms with Gasteiger partial charge in [-0.05, 0) is 38.1 Å². The standard InChI is InChI=1S/C10H14N2.C6H14/c1-12-7-3-5-10(12)9-4-2-6-11-8-9;1-3-5-6-4-2/h2,4,6,8,10H,3,5,7H2,1H3;3-6H2,1-2H3. The monoisotopic (exact) mass is 248 g/mol. The van der Waals surface area contributed by atoms with Crippen LogP contribution in [0.25, 0.3) is 0 Å². The van der Waals surface area contributed by atoms with Crippen LogP contribution in [0.2, 0.25) is 0 Å². The fourth-order valence-electron chi connectivity index (χ4n) is 2.40. The SMILES string of the molecule is CCCCCC.CN1CCCC1c1cccnc1. The number of rotatable bonds is 4. The van der Waals surface area contributed by atoms with E-state index in [-0.39, 0.29) is 0 Å². The molecule has 2 nitrogen and oxygen atoms in total. The molecule has 1 aliphatic rings. The summed E-state index contributed by atoms with van der Waals surface area (Å²) in [6.07, 6.45) is 11.9. The van der Waals surface area contributed by atoms with Gasteiger partial charge in [-0.15, -0.1) is 0 Å². The molecule has 2 rings (SSSR count). The third-order valence-corrected chi connectivity index (χ3v) is 3.55. The van der Waals surface area contributed by atoms with Crippen molar-refractivity contribution in [2.24, 2.45) is 0 Å². The Morgan fingerprint density at radius 1 is 1.28 bits per heavy atom. The number of hydrogen-bond acceptors (Lipinski definition) is 2. The zero-order valence-electron chi connectivity index (χ0n) is 12.2. The van der Waals surface area contributed by atoms with Crippen LogP contribution in [0.3, 0.4) is 0 Å². The maximum absolute atomic E-state index is 4.14. The van der Waals surface area contributed by atoms with Gasteiger partial charge in [-0.3, -0.25) is 9.88 Å². The summed E-state index contributed by atoms with van der Waals surface area (Å²) in [5.74, 6) is 0. The second kappa shape index (κ2) is 9.09. The van der Waals surface area contributed by atoms with Crippen LogP contribution in [-0.4, -0.2) is 23.5 Å². The maximum atomic E-state index is 4.14. The van der Waals surface area contributed by atoms with Gasteiger partial charge in [0.05, 0.1) is 0 Å². The third kappa shape index (κ3) is 5.18. The molecular weight excluding hydrogens is 220 g/mol. The van der Waals surface area contributed by atoms with E-state index in [1.54, 1.807) is 0 Å². The lowest BCUT2D eigenvalue weighted by Crippen LogP contribution is -2.17. The molecule has 0 aromatic carbocycles. The van der Waals surface area contributed by atoms with Crippen LogP contribution in [0, 0.1) is 0 Å². The Bertz CT molecular complexity index is 293. The van der Waals surface area contributed by atoms with Gasteiger partial charge in [0.15, 0.2) is 0 Å². The van der Waals surface area contributed by atoms with Crippen molar-refractivity contribution in [2.75, 3.05) is 13.6 Å². The van der Waals surface area contributed by atoms with Gasteiger partial charge < -0.3 is 0 Å². The Balaban J connectivity index is 0.000000232. The number of pyridine rings is 1. The summed E-state index contributed by atoms with van der Waals surface area (Å²) in [6.45, 7) is 5.69. The van der Waals surface area contributed by atoms with Crippen LogP contribution < -0.4 is 0 Å². The highest BCUT2D eigenvalue weighted by Crippen LogP contribution is 2.29. The highest BCUT2D eigenvalue weighted by atomic mass is 15.1. The second-order valence-electron chi connectivity index (χ2n) is 5.13. The van der Waals surface area contributed by atoms with E-state index in [1.165, 1.54) is 50.6 Å². The molecule has 0 radical (unpaired) electrons. The molecule has 102 valence electrons. The minimum absolute atomic E-state index is 0.610. The van der Waals surface area contributed by atoms with Crippen molar-refractivity contribution >= 4 is 0 Å². The summed E-state index contributed by atoms with van der Waals surface area (Å²) in [4.78, 5) is 6.54. The van der Waals surface area contributed by atoms with Crippen LogP contribution >= 0.6 is 0 Å². The first-order valence-electron chi connectivity index (χ1n) is 7.39. The van der Waals surface area contributed by atoms with E-state index in [2.05, 4.69) is 36.8 Å². The van der Waals surface area contributed by atoms with Crippen LogP contribution in [0.15, 0.2) is 24.5 Å². The van der Waals surface area contributed by atoms with Gasteiger partial charge in [0.2, 0.25) is 0 Å². The molecule has 0 bridgehead atoms. The average molecular weight is 248 g/mol. The first-order chi connectivity index (χ1) is 8.79. The quantitative estimate of drug-likeness (QED) is 0.733. The Hall–Kier alpha value is -0.890. The van der Waals surface area contributed by atoms with E-state index in [0.717, 1.165) is 0 Å². The first-order valence-corrected chi connectivity index (χ1v) is 7.39. The van der Waals surface area contributed by atoms with Crippen LogP contribution in [-0.2, 0) is 0 Å². The normalized spacial score (nSPS) is 19.4. The van der Waals surface area contributed by atoms with Gasteiger partial charge in [-0.25, -0.2) is 0 Å². The maximum Gasteiger partial charge on any atom is 0.0360 e. The van der Waals surface area contributed by atoms with Gasteiger partial charge in [0, 0.05) is 18.4 Å². The molecule has 1 aromatic heterocycles. The Morgan fingerprint density at radius 3 is 2.44 bits per heavy atom. The van der Waals surface area contributed by atoms with Crippen molar-refractivity contribution in [2.45, 2.75) is 58.4 Å². The van der Waals surface area contributed by atoms with Crippen molar-refractivity contribution in [1.82, 2.24) is 9.88 Å². The smallest absolute Gasteiger partial charge is 0.0360 e. The number of likely N-dealkylation sites (tertiary alicyclic amines) is 1. The highest BCUT2D eigenvalue weighted by Gasteiger charge is 2.21. The lowest BCUT2D eigenvalue weighted by molar-refractivity contribution is 0.317. The Morgan fingerprint density at radius 2 is 2.00 bits per heavy atom. The molecule has 1 aliphatic heterocycles. The van der Waals surface area contributed by atoms with Crippen molar-refractivity contribution < 1.29 is 0 Å². The fraction of sp³-hybridized carbons (Fsp3) is 0.688. The van der Waals surface area contributed by atoms with Gasteiger partial charge in [0.25, 0.3) is 0 Å². The predicted octanol–water partition coefficient (Wildman–Crippen LogP) is 4.43. The molecular formula is C16H28N2. The number of hydrogen-bond donors (Lipinski definition) is 0. The molecule has 18 heavy (non-hydrogen) atoms. The second-order valence-corrected chi connectivity index (χ2v) is 5.13. The number of unbranched alkanes of at least 4 members (excludes halogenated alkanes) is 3. The molecule has 1 saturated heterocycles. The molecule has 0 spiro atoms. The zero-order chi connectivity index (χ0) is 13.2. The predicted molar refractivity (Wildman–Crippen MR) is 78.7 cm³/mol. The van der Waals surface area contributed by atoms with Gasteiger partial charge in [-0.2, -0.15) is 0 Å². The van der Waals surface area contributed by atoms with E-state index < -0.39 is 0 Å². The van der Waals surface area contributed by atoms with E-state index in [0.29, 0.717) is 6.04 Å². The van der Waals surface area contributed by atoms with Gasteiger partial charge in [0.1, 0.15) is 0 Å². The molecule has 1 unspecified atom stereocenters. The summed E-state index contributed by atoms with van der Waals surface area (Å²) in [7, 11) is 2.19.